The number of hydrogen-bond donors (Lipinski definition) is 1. The molecule has 0 saturated heterocycles. The fourth-order valence-electron chi connectivity index (χ4n) is 2.46. The molecule has 9 heteroatoms. The minimum absolute atomic E-state index is 0.0303. The summed E-state index contributed by atoms with van der Waals surface area (Å²) in [6.45, 7) is 1.18. The summed E-state index contributed by atoms with van der Waals surface area (Å²) in [7, 11) is 1.42. The molecule has 0 bridgehead atoms. The minimum Gasteiger partial charge on any atom is -0.456 e. The lowest BCUT2D eigenvalue weighted by Gasteiger charge is -2.09. The van der Waals surface area contributed by atoms with Crippen LogP contribution < -0.4 is 16.5 Å². The van der Waals surface area contributed by atoms with Crippen molar-refractivity contribution in [3.63, 3.8) is 0 Å². The predicted molar refractivity (Wildman–Crippen MR) is 95.4 cm³/mol. The molecule has 1 amide bonds. The second kappa shape index (κ2) is 7.24. The highest BCUT2D eigenvalue weighted by Gasteiger charge is 2.13. The van der Waals surface area contributed by atoms with Crippen molar-refractivity contribution in [2.45, 2.75) is 13.5 Å². The third-order valence-electron chi connectivity index (χ3n) is 3.68. The van der Waals surface area contributed by atoms with E-state index < -0.39 is 11.6 Å². The number of anilines is 1. The first-order valence-corrected chi connectivity index (χ1v) is 7.89. The Balaban J connectivity index is 1.86. The third-order valence-corrected chi connectivity index (χ3v) is 3.68. The maximum Gasteiger partial charge on any atom is 0.359 e. The molecular weight excluding hydrogens is 354 g/mol. The molecule has 138 valence electrons. The highest BCUT2D eigenvalue weighted by molar-refractivity contribution is 5.92. The van der Waals surface area contributed by atoms with Gasteiger partial charge in [-0.2, -0.15) is 5.10 Å². The van der Waals surface area contributed by atoms with Crippen LogP contribution in [0.25, 0.3) is 11.0 Å². The number of nitrogens with zero attached hydrogens (tertiary/aromatic N) is 2. The summed E-state index contributed by atoms with van der Waals surface area (Å²) in [6, 6.07) is 8.50. The van der Waals surface area contributed by atoms with E-state index in [4.69, 9.17) is 9.15 Å². The van der Waals surface area contributed by atoms with E-state index in [2.05, 4.69) is 10.4 Å². The molecule has 0 radical (unpaired) electrons. The number of fused-ring (bicyclic) bond motifs is 1. The molecule has 0 aliphatic carbocycles. The molecule has 27 heavy (non-hydrogen) atoms. The zero-order chi connectivity index (χ0) is 19.6. The van der Waals surface area contributed by atoms with E-state index in [1.54, 1.807) is 12.1 Å². The average Bonchev–Trinajstić information content (AvgIpc) is 2.60. The number of hydrogen-bond acceptors (Lipinski definition) is 7. The van der Waals surface area contributed by atoms with E-state index >= 15 is 0 Å². The van der Waals surface area contributed by atoms with Crippen LogP contribution in [-0.2, 0) is 23.2 Å². The molecule has 0 aliphatic rings. The number of esters is 1. The summed E-state index contributed by atoms with van der Waals surface area (Å²) in [6.07, 6.45) is 0. The highest BCUT2D eigenvalue weighted by Crippen LogP contribution is 2.22. The predicted octanol–water partition coefficient (Wildman–Crippen LogP) is 1.20. The van der Waals surface area contributed by atoms with E-state index in [9.17, 15) is 19.2 Å². The minimum atomic E-state index is -0.734. The Bertz CT molecular complexity index is 1160. The maximum absolute atomic E-state index is 12.1. The molecule has 0 unspecified atom stereocenters. The smallest absolute Gasteiger partial charge is 0.359 e. The molecule has 2 aromatic heterocycles. The van der Waals surface area contributed by atoms with Crippen LogP contribution in [-0.4, -0.2) is 21.7 Å². The van der Waals surface area contributed by atoms with Crippen LogP contribution in [0.1, 0.15) is 23.0 Å². The third kappa shape index (κ3) is 4.09. The largest absolute Gasteiger partial charge is 0.456 e. The van der Waals surface area contributed by atoms with Crippen LogP contribution >= 0.6 is 0 Å². The summed E-state index contributed by atoms with van der Waals surface area (Å²) in [5.74, 6) is -0.992. The van der Waals surface area contributed by atoms with Crippen LogP contribution in [0.3, 0.4) is 0 Å². The number of amides is 1. The Hall–Kier alpha value is -3.75. The van der Waals surface area contributed by atoms with Crippen molar-refractivity contribution in [2.75, 3.05) is 5.32 Å². The molecule has 1 N–H and O–H groups in total. The molecule has 2 heterocycles. The van der Waals surface area contributed by atoms with Gasteiger partial charge in [-0.25, -0.2) is 14.3 Å². The number of rotatable bonds is 4. The van der Waals surface area contributed by atoms with Gasteiger partial charge in [0.25, 0.3) is 5.56 Å². The Labute approximate surface area is 152 Å². The summed E-state index contributed by atoms with van der Waals surface area (Å²) in [4.78, 5) is 46.4. The average molecular weight is 369 g/mol. The summed E-state index contributed by atoms with van der Waals surface area (Å²) < 4.78 is 11.4. The van der Waals surface area contributed by atoms with Gasteiger partial charge < -0.3 is 14.5 Å². The number of ether oxygens (including phenoxy) is 1. The van der Waals surface area contributed by atoms with Gasteiger partial charge in [0.05, 0.1) is 0 Å². The van der Waals surface area contributed by atoms with E-state index in [-0.39, 0.29) is 29.4 Å². The zero-order valence-corrected chi connectivity index (χ0v) is 14.5. The lowest BCUT2D eigenvalue weighted by atomic mass is 10.1. The first-order chi connectivity index (χ1) is 12.8. The van der Waals surface area contributed by atoms with E-state index in [0.29, 0.717) is 16.6 Å². The molecule has 0 atom stereocenters. The number of aryl methyl sites for hydroxylation is 1. The van der Waals surface area contributed by atoms with Crippen LogP contribution in [0.15, 0.2) is 50.4 Å². The van der Waals surface area contributed by atoms with Crippen molar-refractivity contribution >= 4 is 28.5 Å². The molecule has 0 fully saturated rings. The molecule has 0 aliphatic heterocycles. The van der Waals surface area contributed by atoms with Crippen molar-refractivity contribution in [3.05, 3.63) is 68.4 Å². The molecule has 9 nitrogen and oxygen atoms in total. The Kier molecular flexibility index (Phi) is 4.84. The second-order valence-corrected chi connectivity index (χ2v) is 5.74. The van der Waals surface area contributed by atoms with Gasteiger partial charge in [0.2, 0.25) is 5.91 Å². The van der Waals surface area contributed by atoms with Crippen molar-refractivity contribution in [3.8, 4) is 0 Å². The fraction of sp³-hybridized carbons (Fsp3) is 0.167. The van der Waals surface area contributed by atoms with Crippen LogP contribution in [0.2, 0.25) is 0 Å². The lowest BCUT2D eigenvalue weighted by Crippen LogP contribution is -2.21. The van der Waals surface area contributed by atoms with Crippen molar-refractivity contribution in [1.82, 2.24) is 9.78 Å². The van der Waals surface area contributed by atoms with Gasteiger partial charge >= 0.3 is 11.6 Å². The van der Waals surface area contributed by atoms with Crippen LogP contribution in [0.4, 0.5) is 5.69 Å². The van der Waals surface area contributed by atoms with E-state index in [1.807, 2.05) is 0 Å². The molecule has 1 aromatic carbocycles. The fourth-order valence-corrected chi connectivity index (χ4v) is 2.46. The number of carbonyl (C=O) groups is 2. The Morgan fingerprint density at radius 1 is 1.19 bits per heavy atom. The summed E-state index contributed by atoms with van der Waals surface area (Å²) >= 11 is 0. The molecule has 3 aromatic rings. The van der Waals surface area contributed by atoms with Gasteiger partial charge in [0.15, 0.2) is 5.69 Å². The Morgan fingerprint density at radius 2 is 1.96 bits per heavy atom. The maximum atomic E-state index is 12.1. The van der Waals surface area contributed by atoms with Gasteiger partial charge in [0, 0.05) is 48.8 Å². The first kappa shape index (κ1) is 18.1. The molecule has 0 saturated carbocycles. The standard InChI is InChI=1S/C18H15N3O6/c1-10(22)19-12-3-4-13-11(7-17(24)27-15(13)8-12)9-26-18(25)14-5-6-16(23)21(2)20-14/h3-8H,9H2,1-2H3,(H,19,22). The van der Waals surface area contributed by atoms with Crippen LogP contribution in [0, 0.1) is 0 Å². The zero-order valence-electron chi connectivity index (χ0n) is 14.5. The van der Waals surface area contributed by atoms with Crippen molar-refractivity contribution in [1.29, 1.82) is 0 Å². The highest BCUT2D eigenvalue weighted by atomic mass is 16.5. The molecule has 3 rings (SSSR count). The van der Waals surface area contributed by atoms with Gasteiger partial charge in [-0.05, 0) is 18.2 Å². The quantitative estimate of drug-likeness (QED) is 0.542. The number of nitrogens with one attached hydrogen (secondary N) is 1. The van der Waals surface area contributed by atoms with Gasteiger partial charge in [-0.3, -0.25) is 9.59 Å². The summed E-state index contributed by atoms with van der Waals surface area (Å²) in [5.41, 5.74) is 0.162. The lowest BCUT2D eigenvalue weighted by molar-refractivity contribution is -0.114. The number of carbonyl (C=O) groups excluding carboxylic acids is 2. The van der Waals surface area contributed by atoms with Crippen LogP contribution in [0.5, 0.6) is 0 Å². The Morgan fingerprint density at radius 3 is 2.67 bits per heavy atom. The van der Waals surface area contributed by atoms with Gasteiger partial charge in [-0.15, -0.1) is 0 Å². The second-order valence-electron chi connectivity index (χ2n) is 5.74. The number of aromatic nitrogens is 2. The monoisotopic (exact) mass is 369 g/mol. The molecule has 0 spiro atoms. The topological polar surface area (TPSA) is 121 Å². The van der Waals surface area contributed by atoms with Gasteiger partial charge in [-0.1, -0.05) is 0 Å². The summed E-state index contributed by atoms with van der Waals surface area (Å²) in [5, 5.41) is 6.97. The first-order valence-electron chi connectivity index (χ1n) is 7.89. The normalized spacial score (nSPS) is 10.6. The van der Waals surface area contributed by atoms with E-state index in [0.717, 1.165) is 4.68 Å². The van der Waals surface area contributed by atoms with Crippen molar-refractivity contribution in [2.24, 2.45) is 7.05 Å². The number of benzene rings is 1. The SMILES string of the molecule is CC(=O)Nc1ccc2c(COC(=O)c3ccc(=O)n(C)n3)cc(=O)oc2c1. The molecular formula is C18H15N3O6. The van der Waals surface area contributed by atoms with E-state index in [1.165, 1.54) is 38.2 Å². The van der Waals surface area contributed by atoms with Crippen molar-refractivity contribution < 1.29 is 18.7 Å². The van der Waals surface area contributed by atoms with Gasteiger partial charge in [0.1, 0.15) is 12.2 Å².